The number of rotatable bonds is 4. The van der Waals surface area contributed by atoms with Crippen LogP contribution in [0.2, 0.25) is 0 Å². The summed E-state index contributed by atoms with van der Waals surface area (Å²) >= 11 is 6.51. The molecule has 6 nitrogen and oxygen atoms in total. The Morgan fingerprint density at radius 1 is 1.11 bits per heavy atom. The molecular formula is C11H10Br2N2O4. The van der Waals surface area contributed by atoms with Crippen LogP contribution < -0.4 is 10.6 Å². The van der Waals surface area contributed by atoms with Gasteiger partial charge in [-0.05, 0) is 44.0 Å². The predicted octanol–water partition coefficient (Wildman–Crippen LogP) is 2.72. The number of carbonyl (C=O) groups is 3. The Morgan fingerprint density at radius 2 is 1.68 bits per heavy atom. The second-order valence-corrected chi connectivity index (χ2v) is 5.20. The standard InChI is InChI=1S/C11H10Br2N2O4/c12-6-2-1-3-7(13)10(6)15-11(19)14-8(16)4-5-9(17)18/h1-3H,4-5H2,(H,17,18)(H2,14,15,16,19). The van der Waals surface area contributed by atoms with Gasteiger partial charge in [-0.2, -0.15) is 0 Å². The van der Waals surface area contributed by atoms with E-state index in [0.717, 1.165) is 0 Å². The number of anilines is 1. The topological polar surface area (TPSA) is 95.5 Å². The van der Waals surface area contributed by atoms with E-state index in [1.807, 2.05) is 5.32 Å². The van der Waals surface area contributed by atoms with Gasteiger partial charge in [-0.15, -0.1) is 0 Å². The van der Waals surface area contributed by atoms with Crippen molar-refractivity contribution in [3.63, 3.8) is 0 Å². The van der Waals surface area contributed by atoms with E-state index in [2.05, 4.69) is 37.2 Å². The van der Waals surface area contributed by atoms with Crippen molar-refractivity contribution in [2.75, 3.05) is 5.32 Å². The first-order valence-corrected chi connectivity index (χ1v) is 6.75. The molecule has 0 aliphatic rings. The van der Waals surface area contributed by atoms with Gasteiger partial charge in [0.1, 0.15) is 0 Å². The Balaban J connectivity index is 2.56. The molecule has 0 aromatic heterocycles. The van der Waals surface area contributed by atoms with Crippen molar-refractivity contribution in [2.45, 2.75) is 12.8 Å². The smallest absolute Gasteiger partial charge is 0.325 e. The van der Waals surface area contributed by atoms with E-state index in [-0.39, 0.29) is 12.8 Å². The predicted molar refractivity (Wildman–Crippen MR) is 75.9 cm³/mol. The minimum Gasteiger partial charge on any atom is -0.481 e. The Labute approximate surface area is 125 Å². The third-order valence-corrected chi connectivity index (χ3v) is 3.34. The van der Waals surface area contributed by atoms with Gasteiger partial charge in [-0.1, -0.05) is 6.07 Å². The molecule has 0 aliphatic carbocycles. The van der Waals surface area contributed by atoms with Gasteiger partial charge >= 0.3 is 12.0 Å². The molecule has 0 bridgehead atoms. The summed E-state index contributed by atoms with van der Waals surface area (Å²) in [7, 11) is 0. The molecule has 0 saturated carbocycles. The molecule has 0 saturated heterocycles. The molecule has 3 N–H and O–H groups in total. The molecule has 0 heterocycles. The maximum Gasteiger partial charge on any atom is 0.325 e. The van der Waals surface area contributed by atoms with Crippen molar-refractivity contribution in [3.8, 4) is 0 Å². The van der Waals surface area contributed by atoms with Crippen molar-refractivity contribution >= 4 is 55.5 Å². The van der Waals surface area contributed by atoms with Crippen LogP contribution in [-0.2, 0) is 9.59 Å². The number of halogens is 2. The lowest BCUT2D eigenvalue weighted by atomic mass is 10.3. The van der Waals surface area contributed by atoms with E-state index in [9.17, 15) is 14.4 Å². The van der Waals surface area contributed by atoms with Crippen LogP contribution in [0.1, 0.15) is 12.8 Å². The number of benzene rings is 1. The summed E-state index contributed by atoms with van der Waals surface area (Å²) in [6, 6.07) is 4.51. The van der Waals surface area contributed by atoms with Crippen LogP contribution in [0, 0.1) is 0 Å². The molecule has 1 aromatic carbocycles. The highest BCUT2D eigenvalue weighted by Gasteiger charge is 2.12. The first kappa shape index (κ1) is 15.6. The SMILES string of the molecule is O=C(O)CCC(=O)NC(=O)Nc1c(Br)cccc1Br. The summed E-state index contributed by atoms with van der Waals surface area (Å²) < 4.78 is 1.30. The number of imide groups is 1. The normalized spacial score (nSPS) is 9.79. The molecule has 0 atom stereocenters. The molecule has 8 heteroatoms. The Bertz CT molecular complexity index is 499. The number of urea groups is 1. The van der Waals surface area contributed by atoms with Crippen LogP contribution in [0.5, 0.6) is 0 Å². The average Bonchev–Trinajstić information content (AvgIpc) is 2.31. The lowest BCUT2D eigenvalue weighted by molar-refractivity contribution is -0.138. The van der Waals surface area contributed by atoms with Crippen LogP contribution in [0.3, 0.4) is 0 Å². The van der Waals surface area contributed by atoms with Crippen LogP contribution in [0.15, 0.2) is 27.1 Å². The van der Waals surface area contributed by atoms with Gasteiger partial charge in [0.25, 0.3) is 0 Å². The number of aliphatic carboxylic acids is 1. The highest BCUT2D eigenvalue weighted by atomic mass is 79.9. The van der Waals surface area contributed by atoms with E-state index in [1.54, 1.807) is 18.2 Å². The molecule has 0 radical (unpaired) electrons. The van der Waals surface area contributed by atoms with Crippen LogP contribution in [-0.4, -0.2) is 23.0 Å². The fourth-order valence-electron chi connectivity index (χ4n) is 1.17. The monoisotopic (exact) mass is 392 g/mol. The molecule has 1 aromatic rings. The number of para-hydroxylation sites is 1. The fraction of sp³-hybridized carbons (Fsp3) is 0.182. The van der Waals surface area contributed by atoms with Gasteiger partial charge in [0, 0.05) is 15.4 Å². The quantitative estimate of drug-likeness (QED) is 0.732. The molecule has 0 spiro atoms. The second kappa shape index (κ2) is 7.25. The molecule has 102 valence electrons. The highest BCUT2D eigenvalue weighted by Crippen LogP contribution is 2.30. The minimum absolute atomic E-state index is 0.250. The molecule has 0 aliphatic heterocycles. The summed E-state index contributed by atoms with van der Waals surface area (Å²) in [4.78, 5) is 33.1. The largest absolute Gasteiger partial charge is 0.481 e. The van der Waals surface area contributed by atoms with E-state index in [4.69, 9.17) is 5.11 Å². The number of carboxylic acids is 1. The van der Waals surface area contributed by atoms with Crippen molar-refractivity contribution < 1.29 is 19.5 Å². The van der Waals surface area contributed by atoms with E-state index < -0.39 is 17.9 Å². The highest BCUT2D eigenvalue weighted by molar-refractivity contribution is 9.11. The van der Waals surface area contributed by atoms with Crippen LogP contribution in [0.25, 0.3) is 0 Å². The summed E-state index contributed by atoms with van der Waals surface area (Å²) in [5.41, 5.74) is 0.478. The van der Waals surface area contributed by atoms with Crippen LogP contribution >= 0.6 is 31.9 Å². The van der Waals surface area contributed by atoms with Crippen LogP contribution in [0.4, 0.5) is 10.5 Å². The summed E-state index contributed by atoms with van der Waals surface area (Å²) in [5, 5.41) is 12.9. The number of hydrogen-bond acceptors (Lipinski definition) is 3. The van der Waals surface area contributed by atoms with Crippen molar-refractivity contribution in [3.05, 3.63) is 27.1 Å². The minimum atomic E-state index is -1.09. The zero-order chi connectivity index (χ0) is 14.4. The van der Waals surface area contributed by atoms with Gasteiger partial charge in [0.15, 0.2) is 0 Å². The third kappa shape index (κ3) is 5.39. The Kier molecular flexibility index (Phi) is 5.97. The first-order chi connectivity index (χ1) is 8.90. The Morgan fingerprint density at radius 3 is 2.21 bits per heavy atom. The summed E-state index contributed by atoms with van der Waals surface area (Å²) in [6.07, 6.45) is -0.572. The summed E-state index contributed by atoms with van der Waals surface area (Å²) in [6.45, 7) is 0. The first-order valence-electron chi connectivity index (χ1n) is 5.17. The summed E-state index contributed by atoms with van der Waals surface area (Å²) in [5.74, 6) is -1.74. The molecule has 1 rings (SSSR count). The molecule has 3 amide bonds. The van der Waals surface area contributed by atoms with E-state index in [0.29, 0.717) is 14.6 Å². The lowest BCUT2D eigenvalue weighted by Gasteiger charge is -2.09. The molecule has 19 heavy (non-hydrogen) atoms. The maximum atomic E-state index is 11.5. The van der Waals surface area contributed by atoms with Crippen molar-refractivity contribution in [1.29, 1.82) is 0 Å². The van der Waals surface area contributed by atoms with E-state index >= 15 is 0 Å². The zero-order valence-corrected chi connectivity index (χ0v) is 12.7. The lowest BCUT2D eigenvalue weighted by Crippen LogP contribution is -2.34. The van der Waals surface area contributed by atoms with Gasteiger partial charge in [0.05, 0.1) is 12.1 Å². The Hall–Kier alpha value is -1.41. The van der Waals surface area contributed by atoms with Gasteiger partial charge in [-0.3, -0.25) is 14.9 Å². The van der Waals surface area contributed by atoms with Crippen molar-refractivity contribution in [2.24, 2.45) is 0 Å². The number of hydrogen-bond donors (Lipinski definition) is 3. The molecule has 0 unspecified atom stereocenters. The number of carboxylic acid groups (broad SMARTS) is 1. The molecule has 0 fully saturated rings. The molecular weight excluding hydrogens is 384 g/mol. The number of carbonyl (C=O) groups excluding carboxylic acids is 2. The van der Waals surface area contributed by atoms with Gasteiger partial charge in [0.2, 0.25) is 5.91 Å². The van der Waals surface area contributed by atoms with E-state index in [1.165, 1.54) is 0 Å². The zero-order valence-electron chi connectivity index (χ0n) is 9.57. The van der Waals surface area contributed by atoms with Gasteiger partial charge in [-0.25, -0.2) is 4.79 Å². The number of nitrogens with one attached hydrogen (secondary N) is 2. The second-order valence-electron chi connectivity index (χ2n) is 3.49. The fourth-order valence-corrected chi connectivity index (χ4v) is 2.37. The maximum absolute atomic E-state index is 11.5. The third-order valence-electron chi connectivity index (χ3n) is 2.02. The van der Waals surface area contributed by atoms with Crippen molar-refractivity contribution in [1.82, 2.24) is 5.32 Å². The van der Waals surface area contributed by atoms with Gasteiger partial charge < -0.3 is 10.4 Å². The number of amides is 3. The average molecular weight is 394 g/mol.